The van der Waals surface area contributed by atoms with E-state index in [2.05, 4.69) is 15.9 Å². The molecule has 0 saturated carbocycles. The first kappa shape index (κ1) is 12.5. The van der Waals surface area contributed by atoms with Gasteiger partial charge in [0.2, 0.25) is 0 Å². The zero-order valence-electron chi connectivity index (χ0n) is 8.05. The summed E-state index contributed by atoms with van der Waals surface area (Å²) >= 11 is 3.11. The summed E-state index contributed by atoms with van der Waals surface area (Å²) in [5, 5.41) is 27.2. The SMILES string of the molecule is O=C(O)C(C(=O)O)c1ccc(O)c(CBr)c1. The van der Waals surface area contributed by atoms with Crippen LogP contribution in [0.1, 0.15) is 17.0 Å². The van der Waals surface area contributed by atoms with Crippen LogP contribution in [0, 0.1) is 0 Å². The van der Waals surface area contributed by atoms with E-state index in [1.807, 2.05) is 0 Å². The van der Waals surface area contributed by atoms with Gasteiger partial charge in [-0.2, -0.15) is 0 Å². The Labute approximate surface area is 99.5 Å². The normalized spacial score (nSPS) is 10.4. The number of aromatic hydroxyl groups is 1. The number of benzene rings is 1. The Hall–Kier alpha value is -1.56. The first-order valence-corrected chi connectivity index (χ1v) is 5.43. The van der Waals surface area contributed by atoms with E-state index >= 15 is 0 Å². The molecule has 0 bridgehead atoms. The minimum atomic E-state index is -1.61. The maximum Gasteiger partial charge on any atom is 0.322 e. The number of hydrogen-bond acceptors (Lipinski definition) is 3. The summed E-state index contributed by atoms with van der Waals surface area (Å²) < 4.78 is 0. The molecule has 1 rings (SSSR count). The lowest BCUT2D eigenvalue weighted by molar-refractivity contribution is -0.150. The second-order valence-corrected chi connectivity index (χ2v) is 3.69. The molecule has 1 aromatic carbocycles. The summed E-state index contributed by atoms with van der Waals surface area (Å²) in [5.41, 5.74) is 0.581. The number of carboxylic acid groups (broad SMARTS) is 2. The second-order valence-electron chi connectivity index (χ2n) is 3.13. The van der Waals surface area contributed by atoms with Crippen molar-refractivity contribution in [3.05, 3.63) is 29.3 Å². The molecule has 0 fully saturated rings. The average molecular weight is 289 g/mol. The predicted octanol–water partition coefficient (Wildman–Crippen LogP) is 1.54. The smallest absolute Gasteiger partial charge is 0.322 e. The molecular formula is C10H9BrO5. The number of rotatable bonds is 4. The molecule has 1 aromatic rings. The lowest BCUT2D eigenvalue weighted by atomic mass is 9.97. The Morgan fingerprint density at radius 1 is 1.25 bits per heavy atom. The highest BCUT2D eigenvalue weighted by atomic mass is 79.9. The van der Waals surface area contributed by atoms with Gasteiger partial charge in [0.25, 0.3) is 0 Å². The molecule has 16 heavy (non-hydrogen) atoms. The quantitative estimate of drug-likeness (QED) is 0.577. The van der Waals surface area contributed by atoms with Crippen molar-refractivity contribution in [2.45, 2.75) is 11.2 Å². The van der Waals surface area contributed by atoms with Gasteiger partial charge in [0.05, 0.1) is 0 Å². The highest BCUT2D eigenvalue weighted by Crippen LogP contribution is 2.25. The monoisotopic (exact) mass is 288 g/mol. The molecule has 0 aliphatic carbocycles. The number of alkyl halides is 1. The van der Waals surface area contributed by atoms with Crippen molar-refractivity contribution in [2.24, 2.45) is 0 Å². The van der Waals surface area contributed by atoms with Gasteiger partial charge in [0.1, 0.15) is 5.75 Å². The van der Waals surface area contributed by atoms with Gasteiger partial charge in [-0.3, -0.25) is 9.59 Å². The van der Waals surface area contributed by atoms with E-state index in [0.717, 1.165) is 0 Å². The Balaban J connectivity index is 3.20. The molecule has 0 atom stereocenters. The number of phenolic OH excluding ortho intramolecular Hbond substituents is 1. The number of hydrogen-bond donors (Lipinski definition) is 3. The maximum atomic E-state index is 10.8. The zero-order valence-corrected chi connectivity index (χ0v) is 9.64. The standard InChI is InChI=1S/C10H9BrO5/c11-4-6-3-5(1-2-7(6)12)8(9(13)14)10(15)16/h1-3,8,12H,4H2,(H,13,14)(H,15,16). The molecule has 0 unspecified atom stereocenters. The lowest BCUT2D eigenvalue weighted by Crippen LogP contribution is -2.21. The number of aliphatic carboxylic acids is 2. The molecule has 5 nitrogen and oxygen atoms in total. The van der Waals surface area contributed by atoms with Crippen LogP contribution in [0.2, 0.25) is 0 Å². The minimum Gasteiger partial charge on any atom is -0.508 e. The van der Waals surface area contributed by atoms with E-state index in [4.69, 9.17) is 10.2 Å². The molecule has 0 heterocycles. The van der Waals surface area contributed by atoms with Crippen molar-refractivity contribution in [3.8, 4) is 5.75 Å². The van der Waals surface area contributed by atoms with Crippen LogP contribution < -0.4 is 0 Å². The molecule has 6 heteroatoms. The van der Waals surface area contributed by atoms with Crippen molar-refractivity contribution in [3.63, 3.8) is 0 Å². The Morgan fingerprint density at radius 3 is 2.25 bits per heavy atom. The summed E-state index contributed by atoms with van der Waals surface area (Å²) in [5.74, 6) is -4.48. The van der Waals surface area contributed by atoms with Gasteiger partial charge in [-0.25, -0.2) is 0 Å². The fourth-order valence-electron chi connectivity index (χ4n) is 1.28. The van der Waals surface area contributed by atoms with Crippen molar-refractivity contribution in [2.75, 3.05) is 0 Å². The van der Waals surface area contributed by atoms with Crippen LogP contribution in [0.5, 0.6) is 5.75 Å². The largest absolute Gasteiger partial charge is 0.508 e. The van der Waals surface area contributed by atoms with Crippen LogP contribution >= 0.6 is 15.9 Å². The highest BCUT2D eigenvalue weighted by Gasteiger charge is 2.28. The lowest BCUT2D eigenvalue weighted by Gasteiger charge is -2.09. The van der Waals surface area contributed by atoms with Crippen molar-refractivity contribution >= 4 is 27.9 Å². The zero-order chi connectivity index (χ0) is 12.3. The molecular weight excluding hydrogens is 280 g/mol. The van der Waals surface area contributed by atoms with Gasteiger partial charge >= 0.3 is 11.9 Å². The van der Waals surface area contributed by atoms with Crippen LogP contribution in [0.15, 0.2) is 18.2 Å². The fraction of sp³-hybridized carbons (Fsp3) is 0.200. The third kappa shape index (κ3) is 2.52. The summed E-state index contributed by atoms with van der Waals surface area (Å²) in [6.07, 6.45) is 0. The minimum absolute atomic E-state index is 0.00449. The van der Waals surface area contributed by atoms with Crippen LogP contribution in [0.25, 0.3) is 0 Å². The summed E-state index contributed by atoms with van der Waals surface area (Å²) in [6, 6.07) is 3.93. The van der Waals surface area contributed by atoms with Gasteiger partial charge in [0.15, 0.2) is 5.92 Å². The molecule has 0 amide bonds. The molecule has 86 valence electrons. The number of carbonyl (C=O) groups is 2. The van der Waals surface area contributed by atoms with E-state index < -0.39 is 17.9 Å². The molecule has 0 radical (unpaired) electrons. The van der Waals surface area contributed by atoms with E-state index in [1.165, 1.54) is 18.2 Å². The van der Waals surface area contributed by atoms with Gasteiger partial charge < -0.3 is 15.3 Å². The van der Waals surface area contributed by atoms with E-state index in [-0.39, 0.29) is 11.3 Å². The molecule has 3 N–H and O–H groups in total. The first-order chi connectivity index (χ1) is 7.47. The maximum absolute atomic E-state index is 10.8. The topological polar surface area (TPSA) is 94.8 Å². The van der Waals surface area contributed by atoms with Crippen molar-refractivity contribution in [1.82, 2.24) is 0 Å². The van der Waals surface area contributed by atoms with Gasteiger partial charge in [-0.15, -0.1) is 0 Å². The average Bonchev–Trinajstić information content (AvgIpc) is 2.19. The summed E-state index contributed by atoms with van der Waals surface area (Å²) in [7, 11) is 0. The van der Waals surface area contributed by atoms with Gasteiger partial charge in [-0.1, -0.05) is 22.0 Å². The molecule has 0 aliphatic rings. The third-order valence-corrected chi connectivity index (χ3v) is 2.68. The van der Waals surface area contributed by atoms with E-state index in [9.17, 15) is 14.7 Å². The van der Waals surface area contributed by atoms with Crippen molar-refractivity contribution < 1.29 is 24.9 Å². The Bertz CT molecular complexity index is 415. The molecule has 0 spiro atoms. The van der Waals surface area contributed by atoms with Crippen LogP contribution in [0.4, 0.5) is 0 Å². The third-order valence-electron chi connectivity index (χ3n) is 2.07. The second kappa shape index (κ2) is 4.98. The number of halogens is 1. The van der Waals surface area contributed by atoms with Crippen molar-refractivity contribution in [1.29, 1.82) is 0 Å². The number of phenols is 1. The van der Waals surface area contributed by atoms with Crippen LogP contribution in [0.3, 0.4) is 0 Å². The summed E-state index contributed by atoms with van der Waals surface area (Å²) in [4.78, 5) is 21.5. The molecule has 0 saturated heterocycles. The Morgan fingerprint density at radius 2 is 1.81 bits per heavy atom. The van der Waals surface area contributed by atoms with E-state index in [1.54, 1.807) is 0 Å². The molecule has 0 aromatic heterocycles. The van der Waals surface area contributed by atoms with Crippen LogP contribution in [-0.2, 0) is 14.9 Å². The van der Waals surface area contributed by atoms with E-state index in [0.29, 0.717) is 10.9 Å². The van der Waals surface area contributed by atoms with Gasteiger partial charge in [0, 0.05) is 10.9 Å². The number of carboxylic acids is 2. The predicted molar refractivity (Wildman–Crippen MR) is 58.8 cm³/mol. The molecule has 0 aliphatic heterocycles. The Kier molecular flexibility index (Phi) is 3.89. The fourth-order valence-corrected chi connectivity index (χ4v) is 1.73. The highest BCUT2D eigenvalue weighted by molar-refractivity contribution is 9.08. The summed E-state index contributed by atoms with van der Waals surface area (Å²) in [6.45, 7) is 0. The first-order valence-electron chi connectivity index (χ1n) is 4.30. The van der Waals surface area contributed by atoms with Gasteiger partial charge in [-0.05, 0) is 17.7 Å². The van der Waals surface area contributed by atoms with Crippen LogP contribution in [-0.4, -0.2) is 27.3 Å².